The van der Waals surface area contributed by atoms with E-state index in [-0.39, 0.29) is 4.97 Å². The third kappa shape index (κ3) is 2.70. The van der Waals surface area contributed by atoms with Crippen LogP contribution in [0.4, 0.5) is 0 Å². The van der Waals surface area contributed by atoms with Crippen LogP contribution >= 0.6 is 0 Å². The van der Waals surface area contributed by atoms with Crippen molar-refractivity contribution < 1.29 is 10.2 Å². The maximum atomic E-state index is 10.3. The zero-order valence-corrected chi connectivity index (χ0v) is 5.19. The summed E-state index contributed by atoms with van der Waals surface area (Å²) in [6, 6.07) is 0. The Labute approximate surface area is 52.7 Å². The summed E-state index contributed by atoms with van der Waals surface area (Å²) in [6.45, 7) is 0.721. The van der Waals surface area contributed by atoms with Gasteiger partial charge in [0.1, 0.15) is 0 Å². The molecule has 0 aliphatic carbocycles. The van der Waals surface area contributed by atoms with Crippen molar-refractivity contribution in [3.63, 3.8) is 0 Å². The molecule has 0 heterocycles. The minimum absolute atomic E-state index is 0.0624. The number of nitrogens with two attached hydrogens (primary N) is 1. The Morgan fingerprint density at radius 3 is 2.78 bits per heavy atom. The van der Waals surface area contributed by atoms with Crippen LogP contribution in [0.1, 0.15) is 0 Å². The minimum Gasteiger partial charge on any atom is -0.569 e. The van der Waals surface area contributed by atoms with Crippen LogP contribution in [-0.4, -0.2) is 35.3 Å². The van der Waals surface area contributed by atoms with E-state index in [4.69, 9.17) is 10.9 Å². The summed E-state index contributed by atoms with van der Waals surface area (Å²) in [4.78, 5) is 0.0624. The molecule has 0 saturated heterocycles. The van der Waals surface area contributed by atoms with E-state index in [0.717, 1.165) is 5.01 Å². The van der Waals surface area contributed by atoms with Crippen LogP contribution in [0.3, 0.4) is 0 Å². The fourth-order valence-corrected chi connectivity index (χ4v) is 0.341. The summed E-state index contributed by atoms with van der Waals surface area (Å²) in [5.41, 5.74) is 5.09. The van der Waals surface area contributed by atoms with Gasteiger partial charge >= 0.3 is 0 Å². The summed E-state index contributed by atoms with van der Waals surface area (Å²) in [7, 11) is 1.47. The zero-order valence-electron chi connectivity index (χ0n) is 5.19. The highest BCUT2D eigenvalue weighted by Crippen LogP contribution is 1.80. The monoisotopic (exact) mass is 134 g/mol. The lowest BCUT2D eigenvalue weighted by Crippen LogP contribution is -2.31. The SMILES string of the molecule is CN(CCN)/[N+]([O-])=N/O. The smallest absolute Gasteiger partial charge is 0.230 e. The normalized spacial score (nSPS) is 11.6. The summed E-state index contributed by atoms with van der Waals surface area (Å²) >= 11 is 0. The molecule has 0 spiro atoms. The molecule has 0 aliphatic rings. The van der Waals surface area contributed by atoms with Gasteiger partial charge in [0.05, 0.1) is 18.6 Å². The van der Waals surface area contributed by atoms with E-state index in [9.17, 15) is 5.21 Å². The standard InChI is InChI=1S/C3H10N4O2/c1-6(3-2-4)7(9)5-8/h8H,2-4H2,1H3/b7-5-. The van der Waals surface area contributed by atoms with Crippen LogP contribution in [0.15, 0.2) is 5.28 Å². The average Bonchev–Trinajstić information content (AvgIpc) is 1.87. The molecule has 0 aromatic carbocycles. The molecular formula is C3H10N4O2. The van der Waals surface area contributed by atoms with Crippen molar-refractivity contribution >= 4 is 0 Å². The number of rotatable bonds is 3. The molecule has 6 nitrogen and oxygen atoms in total. The van der Waals surface area contributed by atoms with Crippen LogP contribution < -0.4 is 5.73 Å². The molecule has 0 unspecified atom stereocenters. The number of hydrogen-bond acceptors (Lipinski definition) is 3. The molecule has 0 fully saturated rings. The second-order valence-corrected chi connectivity index (χ2v) is 1.51. The van der Waals surface area contributed by atoms with Gasteiger partial charge in [-0.1, -0.05) is 0 Å². The van der Waals surface area contributed by atoms with Gasteiger partial charge in [-0.2, -0.15) is 0 Å². The Hall–Kier alpha value is -1.04. The molecule has 54 valence electrons. The van der Waals surface area contributed by atoms with Crippen LogP contribution in [0.2, 0.25) is 0 Å². The van der Waals surface area contributed by atoms with Crippen molar-refractivity contribution in [3.8, 4) is 0 Å². The van der Waals surface area contributed by atoms with Crippen molar-refractivity contribution in [1.82, 2.24) is 5.01 Å². The highest BCUT2D eigenvalue weighted by molar-refractivity contribution is 4.34. The van der Waals surface area contributed by atoms with Crippen LogP contribution in [0.25, 0.3) is 0 Å². The Bertz CT molecular complexity index is 104. The van der Waals surface area contributed by atoms with E-state index in [1.165, 1.54) is 7.05 Å². The number of likely N-dealkylation sites (N-methyl/N-ethyl adjacent to an activating group) is 1. The highest BCUT2D eigenvalue weighted by Gasteiger charge is 2.01. The highest BCUT2D eigenvalue weighted by atomic mass is 16.6. The minimum atomic E-state index is 0.0624. The van der Waals surface area contributed by atoms with Gasteiger partial charge in [0.25, 0.3) is 0 Å². The lowest BCUT2D eigenvalue weighted by Gasteiger charge is -2.09. The molecule has 9 heavy (non-hydrogen) atoms. The van der Waals surface area contributed by atoms with Gasteiger partial charge in [-0.3, -0.25) is 0 Å². The first-order valence-corrected chi connectivity index (χ1v) is 2.45. The van der Waals surface area contributed by atoms with Crippen LogP contribution in [0, 0.1) is 5.21 Å². The molecule has 6 heteroatoms. The molecule has 3 N–H and O–H groups in total. The van der Waals surface area contributed by atoms with Crippen molar-refractivity contribution in [2.24, 2.45) is 11.0 Å². The predicted octanol–water partition coefficient (Wildman–Crippen LogP) is -0.856. The van der Waals surface area contributed by atoms with Gasteiger partial charge in [-0.15, -0.1) is 5.01 Å². The topological polar surface area (TPSA) is 87.9 Å². The van der Waals surface area contributed by atoms with Crippen molar-refractivity contribution in [2.75, 3.05) is 20.1 Å². The van der Waals surface area contributed by atoms with Crippen molar-refractivity contribution in [3.05, 3.63) is 5.21 Å². The Balaban J connectivity index is 3.59. The first-order chi connectivity index (χ1) is 4.22. The Morgan fingerprint density at radius 1 is 1.89 bits per heavy atom. The summed E-state index contributed by atoms with van der Waals surface area (Å²) in [5, 5.41) is 21.7. The zero-order chi connectivity index (χ0) is 7.28. The molecule has 0 bridgehead atoms. The maximum Gasteiger partial charge on any atom is 0.230 e. The van der Waals surface area contributed by atoms with Crippen molar-refractivity contribution in [1.29, 1.82) is 0 Å². The Kier molecular flexibility index (Phi) is 3.45. The fourth-order valence-electron chi connectivity index (χ4n) is 0.341. The number of hydrogen-bond donors (Lipinski definition) is 2. The van der Waals surface area contributed by atoms with E-state index in [1.54, 1.807) is 0 Å². The summed E-state index contributed by atoms with van der Waals surface area (Å²) in [6.07, 6.45) is 0. The first kappa shape index (κ1) is 7.96. The number of hydrazine groups is 1. The fraction of sp³-hybridized carbons (Fsp3) is 1.00. The first-order valence-electron chi connectivity index (χ1n) is 2.45. The third-order valence-corrected chi connectivity index (χ3v) is 0.821. The Morgan fingerprint density at radius 2 is 2.44 bits per heavy atom. The molecule has 0 saturated carbocycles. The van der Waals surface area contributed by atoms with Gasteiger partial charge in [-0.05, 0) is 0 Å². The second kappa shape index (κ2) is 3.90. The van der Waals surface area contributed by atoms with Gasteiger partial charge in [0, 0.05) is 6.54 Å². The van der Waals surface area contributed by atoms with Gasteiger partial charge in [-0.25, -0.2) is 0 Å². The lowest BCUT2D eigenvalue weighted by atomic mass is 10.6. The van der Waals surface area contributed by atoms with E-state index in [1.807, 2.05) is 0 Å². The van der Waals surface area contributed by atoms with Crippen LogP contribution in [0.5, 0.6) is 0 Å². The van der Waals surface area contributed by atoms with E-state index in [0.29, 0.717) is 13.1 Å². The van der Waals surface area contributed by atoms with Gasteiger partial charge in [0.15, 0.2) is 0 Å². The molecule has 0 radical (unpaired) electrons. The molecule has 0 rings (SSSR count). The molecule has 0 aromatic rings. The molecule has 0 aromatic heterocycles. The predicted molar refractivity (Wildman–Crippen MR) is 29.5 cm³/mol. The summed E-state index contributed by atoms with van der Waals surface area (Å²) in [5.74, 6) is 0. The quantitative estimate of drug-likeness (QED) is 0.299. The third-order valence-electron chi connectivity index (χ3n) is 0.821. The molecule has 0 amide bonds. The summed E-state index contributed by atoms with van der Waals surface area (Å²) < 4.78 is 0. The second-order valence-electron chi connectivity index (χ2n) is 1.51. The molecular weight excluding hydrogens is 124 g/mol. The lowest BCUT2D eigenvalue weighted by molar-refractivity contribution is -0.703. The van der Waals surface area contributed by atoms with E-state index >= 15 is 0 Å². The van der Waals surface area contributed by atoms with Gasteiger partial charge < -0.3 is 16.1 Å². The number of nitrogens with zero attached hydrogens (tertiary/aromatic N) is 3. The maximum absolute atomic E-state index is 10.3. The van der Waals surface area contributed by atoms with Crippen molar-refractivity contribution in [2.45, 2.75) is 0 Å². The largest absolute Gasteiger partial charge is 0.569 e. The van der Waals surface area contributed by atoms with Gasteiger partial charge in [0.2, 0.25) is 5.28 Å². The average molecular weight is 134 g/mol. The molecule has 0 atom stereocenters. The van der Waals surface area contributed by atoms with E-state index in [2.05, 4.69) is 5.28 Å². The molecule has 0 aliphatic heterocycles. The van der Waals surface area contributed by atoms with E-state index < -0.39 is 0 Å². The van der Waals surface area contributed by atoms with Crippen LogP contribution in [-0.2, 0) is 0 Å².